The second-order valence-electron chi connectivity index (χ2n) is 2.65. The maximum Gasteiger partial charge on any atom is 0.0579 e. The third-order valence-electron chi connectivity index (χ3n) is 1.60. The topological polar surface area (TPSA) is 12.0 Å². The van der Waals surface area contributed by atoms with E-state index in [4.69, 9.17) is 0 Å². The Morgan fingerprint density at radius 2 is 2.38 bits per heavy atom. The standard InChI is InChI=1S/C10H12BrNS/c1-3-4-5-12-7-9-6-10(11)8(2)13-9/h6,12H,5,7H2,1-2H3. The fourth-order valence-corrected chi connectivity index (χ4v) is 2.51. The van der Waals surface area contributed by atoms with Crippen molar-refractivity contribution < 1.29 is 0 Å². The lowest BCUT2D eigenvalue weighted by Crippen LogP contribution is -2.11. The van der Waals surface area contributed by atoms with Crippen molar-refractivity contribution in [3.63, 3.8) is 0 Å². The minimum absolute atomic E-state index is 0.769. The normalized spacial score (nSPS) is 9.46. The first-order valence-corrected chi connectivity index (χ1v) is 5.70. The highest BCUT2D eigenvalue weighted by molar-refractivity contribution is 9.10. The molecule has 3 heteroatoms. The first kappa shape index (κ1) is 10.8. The van der Waals surface area contributed by atoms with Gasteiger partial charge in [0.15, 0.2) is 0 Å². The molecule has 1 rings (SSSR count). The van der Waals surface area contributed by atoms with Crippen LogP contribution in [0.4, 0.5) is 0 Å². The summed E-state index contributed by atoms with van der Waals surface area (Å²) in [6.45, 7) is 5.65. The van der Waals surface area contributed by atoms with Crippen molar-refractivity contribution in [3.05, 3.63) is 20.3 Å². The van der Waals surface area contributed by atoms with E-state index in [2.05, 4.69) is 46.1 Å². The Hall–Kier alpha value is -0.300. The molecule has 0 fully saturated rings. The zero-order valence-electron chi connectivity index (χ0n) is 7.78. The average Bonchev–Trinajstić information content (AvgIpc) is 2.41. The second kappa shape index (κ2) is 5.43. The fourth-order valence-electron chi connectivity index (χ4n) is 0.942. The fraction of sp³-hybridized carbons (Fsp3) is 0.400. The monoisotopic (exact) mass is 257 g/mol. The molecule has 70 valence electrons. The predicted octanol–water partition coefficient (Wildman–Crippen LogP) is 2.93. The first-order valence-electron chi connectivity index (χ1n) is 4.09. The van der Waals surface area contributed by atoms with Gasteiger partial charge in [0.2, 0.25) is 0 Å². The van der Waals surface area contributed by atoms with Crippen molar-refractivity contribution in [2.45, 2.75) is 20.4 Å². The molecule has 0 aliphatic heterocycles. The van der Waals surface area contributed by atoms with Crippen LogP contribution in [0.3, 0.4) is 0 Å². The van der Waals surface area contributed by atoms with E-state index in [1.54, 1.807) is 0 Å². The van der Waals surface area contributed by atoms with E-state index in [0.717, 1.165) is 13.1 Å². The molecular weight excluding hydrogens is 246 g/mol. The Kier molecular flexibility index (Phi) is 4.51. The van der Waals surface area contributed by atoms with Gasteiger partial charge in [-0.3, -0.25) is 0 Å². The number of aryl methyl sites for hydroxylation is 1. The van der Waals surface area contributed by atoms with Gasteiger partial charge in [-0.2, -0.15) is 0 Å². The van der Waals surface area contributed by atoms with Crippen LogP contribution in [0.15, 0.2) is 10.5 Å². The molecule has 0 atom stereocenters. The lowest BCUT2D eigenvalue weighted by atomic mass is 10.4. The molecule has 1 aromatic rings. The second-order valence-corrected chi connectivity index (χ2v) is 4.84. The van der Waals surface area contributed by atoms with Gasteiger partial charge in [0.25, 0.3) is 0 Å². The average molecular weight is 258 g/mol. The summed E-state index contributed by atoms with van der Waals surface area (Å²) in [6.07, 6.45) is 0. The summed E-state index contributed by atoms with van der Waals surface area (Å²) in [5.74, 6) is 5.82. The highest BCUT2D eigenvalue weighted by atomic mass is 79.9. The molecule has 0 amide bonds. The highest BCUT2D eigenvalue weighted by Gasteiger charge is 2.00. The minimum Gasteiger partial charge on any atom is -0.301 e. The van der Waals surface area contributed by atoms with Crippen LogP contribution in [0.5, 0.6) is 0 Å². The van der Waals surface area contributed by atoms with Crippen LogP contribution >= 0.6 is 27.3 Å². The van der Waals surface area contributed by atoms with Gasteiger partial charge in [-0.15, -0.1) is 17.3 Å². The first-order chi connectivity index (χ1) is 6.24. The zero-order valence-corrected chi connectivity index (χ0v) is 10.2. The quantitative estimate of drug-likeness (QED) is 0.649. The van der Waals surface area contributed by atoms with E-state index in [0.29, 0.717) is 0 Å². The van der Waals surface area contributed by atoms with E-state index < -0.39 is 0 Å². The van der Waals surface area contributed by atoms with Crippen molar-refractivity contribution in [1.29, 1.82) is 0 Å². The van der Waals surface area contributed by atoms with Crippen molar-refractivity contribution in [2.24, 2.45) is 0 Å². The Morgan fingerprint density at radius 3 is 2.92 bits per heavy atom. The van der Waals surface area contributed by atoms with E-state index in [-0.39, 0.29) is 0 Å². The number of thiophene rings is 1. The lowest BCUT2D eigenvalue weighted by molar-refractivity contribution is 0.780. The third-order valence-corrected chi connectivity index (χ3v) is 3.73. The summed E-state index contributed by atoms with van der Waals surface area (Å²) >= 11 is 5.31. The predicted molar refractivity (Wildman–Crippen MR) is 61.9 cm³/mol. The van der Waals surface area contributed by atoms with Crippen LogP contribution in [0.25, 0.3) is 0 Å². The van der Waals surface area contributed by atoms with E-state index in [9.17, 15) is 0 Å². The van der Waals surface area contributed by atoms with Crippen molar-refractivity contribution >= 4 is 27.3 Å². The molecule has 0 saturated carbocycles. The van der Waals surface area contributed by atoms with Crippen LogP contribution in [0.2, 0.25) is 0 Å². The Bertz CT molecular complexity index is 313. The largest absolute Gasteiger partial charge is 0.301 e. The Morgan fingerprint density at radius 1 is 1.62 bits per heavy atom. The molecule has 0 aromatic carbocycles. The van der Waals surface area contributed by atoms with Crippen LogP contribution in [-0.2, 0) is 6.54 Å². The number of rotatable bonds is 3. The maximum atomic E-state index is 3.49. The number of hydrogen-bond acceptors (Lipinski definition) is 2. The molecular formula is C10H12BrNS. The SMILES string of the molecule is CC#CCNCc1cc(Br)c(C)s1. The number of halogens is 1. The molecule has 1 aromatic heterocycles. The van der Waals surface area contributed by atoms with E-state index >= 15 is 0 Å². The van der Waals surface area contributed by atoms with Gasteiger partial charge in [0.1, 0.15) is 0 Å². The molecule has 13 heavy (non-hydrogen) atoms. The van der Waals surface area contributed by atoms with Crippen molar-refractivity contribution in [2.75, 3.05) is 6.54 Å². The van der Waals surface area contributed by atoms with Crippen LogP contribution in [0.1, 0.15) is 16.7 Å². The smallest absolute Gasteiger partial charge is 0.0579 e. The van der Waals surface area contributed by atoms with Gasteiger partial charge in [0, 0.05) is 20.8 Å². The molecule has 0 bridgehead atoms. The molecule has 0 spiro atoms. The maximum absolute atomic E-state index is 3.49. The summed E-state index contributed by atoms with van der Waals surface area (Å²) in [5.41, 5.74) is 0. The van der Waals surface area contributed by atoms with Crippen LogP contribution in [0, 0.1) is 18.8 Å². The molecule has 0 aliphatic rings. The molecule has 1 heterocycles. The Balaban J connectivity index is 2.40. The highest BCUT2D eigenvalue weighted by Crippen LogP contribution is 2.25. The van der Waals surface area contributed by atoms with Gasteiger partial charge in [-0.1, -0.05) is 5.92 Å². The van der Waals surface area contributed by atoms with Crippen molar-refractivity contribution in [3.8, 4) is 11.8 Å². The zero-order chi connectivity index (χ0) is 9.68. The van der Waals surface area contributed by atoms with Gasteiger partial charge in [-0.05, 0) is 35.8 Å². The van der Waals surface area contributed by atoms with Crippen LogP contribution in [-0.4, -0.2) is 6.54 Å². The van der Waals surface area contributed by atoms with Gasteiger partial charge < -0.3 is 5.32 Å². The van der Waals surface area contributed by atoms with Gasteiger partial charge >= 0.3 is 0 Å². The van der Waals surface area contributed by atoms with E-state index in [1.165, 1.54) is 14.2 Å². The lowest BCUT2D eigenvalue weighted by Gasteiger charge is -1.95. The molecule has 0 aliphatic carbocycles. The van der Waals surface area contributed by atoms with Gasteiger partial charge in [0.05, 0.1) is 6.54 Å². The van der Waals surface area contributed by atoms with Gasteiger partial charge in [-0.25, -0.2) is 0 Å². The summed E-state index contributed by atoms with van der Waals surface area (Å²) < 4.78 is 1.20. The molecule has 1 nitrogen and oxygen atoms in total. The molecule has 0 unspecified atom stereocenters. The summed E-state index contributed by atoms with van der Waals surface area (Å²) in [6, 6.07) is 2.16. The molecule has 0 saturated heterocycles. The molecule has 0 radical (unpaired) electrons. The Labute approximate surface area is 91.7 Å². The third kappa shape index (κ3) is 3.51. The minimum atomic E-state index is 0.769. The summed E-state index contributed by atoms with van der Waals surface area (Å²) in [5, 5.41) is 3.26. The van der Waals surface area contributed by atoms with Crippen LogP contribution < -0.4 is 5.32 Å². The number of hydrogen-bond donors (Lipinski definition) is 1. The van der Waals surface area contributed by atoms with E-state index in [1.807, 2.05) is 18.3 Å². The van der Waals surface area contributed by atoms with Crippen molar-refractivity contribution in [1.82, 2.24) is 5.32 Å². The summed E-state index contributed by atoms with van der Waals surface area (Å²) in [4.78, 5) is 2.68. The summed E-state index contributed by atoms with van der Waals surface area (Å²) in [7, 11) is 0. The number of nitrogens with one attached hydrogen (secondary N) is 1. The molecule has 1 N–H and O–H groups in total.